The third-order valence-electron chi connectivity index (χ3n) is 2.41. The second-order valence-corrected chi connectivity index (χ2v) is 5.15. The molecular weight excluding hydrogens is 222 g/mol. The number of rotatable bonds is 3. The Balaban J connectivity index is 2.52. The molecule has 0 aromatic carbocycles. The predicted octanol–water partition coefficient (Wildman–Crippen LogP) is 0.980. The van der Waals surface area contributed by atoms with Crippen LogP contribution in [0.2, 0.25) is 0 Å². The first-order valence-electron chi connectivity index (χ1n) is 5.52. The summed E-state index contributed by atoms with van der Waals surface area (Å²) >= 11 is 0. The summed E-state index contributed by atoms with van der Waals surface area (Å²) in [5.74, 6) is -1.06. The van der Waals surface area contributed by atoms with Gasteiger partial charge in [0.15, 0.2) is 0 Å². The van der Waals surface area contributed by atoms with Crippen molar-refractivity contribution in [3.63, 3.8) is 0 Å². The van der Waals surface area contributed by atoms with Crippen molar-refractivity contribution in [3.05, 3.63) is 11.8 Å². The zero-order valence-electron chi connectivity index (χ0n) is 10.6. The molecule has 0 aliphatic heterocycles. The summed E-state index contributed by atoms with van der Waals surface area (Å²) < 4.78 is 9.70. The first kappa shape index (κ1) is 13.5. The Bertz CT molecular complexity index is 354. The number of carbonyl (C=O) groups excluding carboxylic acids is 2. The Hall–Kier alpha value is -1.52. The summed E-state index contributed by atoms with van der Waals surface area (Å²) in [5, 5.41) is 0. The summed E-state index contributed by atoms with van der Waals surface area (Å²) in [6.07, 6.45) is 1.89. The van der Waals surface area contributed by atoms with Gasteiger partial charge in [-0.05, 0) is 27.2 Å². The van der Waals surface area contributed by atoms with E-state index in [2.05, 4.69) is 4.74 Å². The highest BCUT2D eigenvalue weighted by atomic mass is 16.6. The molecule has 1 saturated carbocycles. The molecule has 1 aliphatic rings. The Morgan fingerprint density at radius 2 is 1.88 bits per heavy atom. The number of carbonyl (C=O) groups is 2. The van der Waals surface area contributed by atoms with Crippen molar-refractivity contribution in [1.29, 1.82) is 0 Å². The summed E-state index contributed by atoms with van der Waals surface area (Å²) in [4.78, 5) is 22.6. The lowest BCUT2D eigenvalue weighted by Crippen LogP contribution is -2.23. The molecule has 0 saturated heterocycles. The molecule has 17 heavy (non-hydrogen) atoms. The van der Waals surface area contributed by atoms with Gasteiger partial charge in [-0.25, -0.2) is 4.79 Å². The number of hydrogen-bond acceptors (Lipinski definition) is 5. The highest BCUT2D eigenvalue weighted by Gasteiger charge is 2.45. The van der Waals surface area contributed by atoms with E-state index in [0.717, 1.165) is 0 Å². The molecule has 0 aromatic rings. The van der Waals surface area contributed by atoms with Crippen LogP contribution in [0.4, 0.5) is 0 Å². The predicted molar refractivity (Wildman–Crippen MR) is 61.7 cm³/mol. The van der Waals surface area contributed by atoms with Gasteiger partial charge in [0.1, 0.15) is 5.60 Å². The number of hydrogen-bond donors (Lipinski definition) is 1. The van der Waals surface area contributed by atoms with Crippen molar-refractivity contribution < 1.29 is 19.1 Å². The molecule has 0 radical (unpaired) electrons. The zero-order valence-corrected chi connectivity index (χ0v) is 10.6. The number of nitrogens with two attached hydrogens (primary N) is 1. The van der Waals surface area contributed by atoms with Crippen LogP contribution in [0, 0.1) is 11.8 Å². The van der Waals surface area contributed by atoms with E-state index < -0.39 is 11.6 Å². The van der Waals surface area contributed by atoms with Crippen molar-refractivity contribution in [2.24, 2.45) is 17.6 Å². The van der Waals surface area contributed by atoms with Gasteiger partial charge in [0.2, 0.25) is 0 Å². The molecule has 0 spiro atoms. The fraction of sp³-hybridized carbons (Fsp3) is 0.667. The number of methoxy groups -OCH3 is 1. The first-order chi connectivity index (χ1) is 7.74. The smallest absolute Gasteiger partial charge is 0.333 e. The van der Waals surface area contributed by atoms with E-state index >= 15 is 0 Å². The zero-order chi connectivity index (χ0) is 13.2. The molecule has 96 valence electrons. The van der Waals surface area contributed by atoms with Gasteiger partial charge in [-0.15, -0.1) is 0 Å². The maximum absolute atomic E-state index is 11.5. The summed E-state index contributed by atoms with van der Waals surface area (Å²) in [6.45, 7) is 5.34. The van der Waals surface area contributed by atoms with Gasteiger partial charge in [-0.3, -0.25) is 4.79 Å². The van der Waals surface area contributed by atoms with Gasteiger partial charge in [0.05, 0.1) is 13.0 Å². The molecule has 1 rings (SSSR count). The van der Waals surface area contributed by atoms with E-state index in [4.69, 9.17) is 10.5 Å². The molecule has 2 unspecified atom stereocenters. The maximum atomic E-state index is 11.5. The third-order valence-corrected chi connectivity index (χ3v) is 2.41. The van der Waals surface area contributed by atoms with Crippen LogP contribution in [-0.4, -0.2) is 24.6 Å². The average molecular weight is 241 g/mol. The van der Waals surface area contributed by atoms with Crippen molar-refractivity contribution in [2.75, 3.05) is 7.11 Å². The minimum Gasteiger partial charge on any atom is -0.469 e. The van der Waals surface area contributed by atoms with Crippen molar-refractivity contribution in [1.82, 2.24) is 0 Å². The quantitative estimate of drug-likeness (QED) is 0.588. The fourth-order valence-electron chi connectivity index (χ4n) is 1.55. The number of ether oxygens (including phenoxy) is 2. The van der Waals surface area contributed by atoms with Crippen LogP contribution >= 0.6 is 0 Å². The Labute approximate surface area is 101 Å². The lowest BCUT2D eigenvalue weighted by atomic mass is 10.2. The van der Waals surface area contributed by atoms with E-state index in [1.165, 1.54) is 13.2 Å². The topological polar surface area (TPSA) is 78.6 Å². The second kappa shape index (κ2) is 4.77. The SMILES string of the molecule is COC(=O)C1CC1C(N)=CC(=O)OC(C)(C)C. The van der Waals surface area contributed by atoms with Crippen LogP contribution in [-0.2, 0) is 19.1 Å². The molecule has 0 bridgehead atoms. The van der Waals surface area contributed by atoms with Gasteiger partial charge in [0, 0.05) is 17.7 Å². The van der Waals surface area contributed by atoms with E-state index in [1.807, 2.05) is 0 Å². The molecule has 2 N–H and O–H groups in total. The van der Waals surface area contributed by atoms with E-state index in [0.29, 0.717) is 12.1 Å². The van der Waals surface area contributed by atoms with Gasteiger partial charge in [-0.2, -0.15) is 0 Å². The largest absolute Gasteiger partial charge is 0.469 e. The monoisotopic (exact) mass is 241 g/mol. The summed E-state index contributed by atoms with van der Waals surface area (Å²) in [6, 6.07) is 0. The minimum atomic E-state index is -0.542. The fourth-order valence-corrected chi connectivity index (χ4v) is 1.55. The van der Waals surface area contributed by atoms with Gasteiger partial charge < -0.3 is 15.2 Å². The number of esters is 2. The molecule has 1 aliphatic carbocycles. The molecule has 5 heteroatoms. The van der Waals surface area contributed by atoms with Gasteiger partial charge >= 0.3 is 11.9 Å². The maximum Gasteiger partial charge on any atom is 0.333 e. The molecule has 0 amide bonds. The third kappa shape index (κ3) is 4.09. The molecule has 5 nitrogen and oxygen atoms in total. The average Bonchev–Trinajstić information content (AvgIpc) is 2.92. The first-order valence-corrected chi connectivity index (χ1v) is 5.52. The molecule has 0 aromatic heterocycles. The second-order valence-electron chi connectivity index (χ2n) is 5.15. The Morgan fingerprint density at radius 1 is 1.29 bits per heavy atom. The lowest BCUT2D eigenvalue weighted by Gasteiger charge is -2.18. The Kier molecular flexibility index (Phi) is 3.80. The molecular formula is C12H19NO4. The van der Waals surface area contributed by atoms with Crippen molar-refractivity contribution in [3.8, 4) is 0 Å². The molecule has 0 heterocycles. The molecule has 2 atom stereocenters. The molecule has 1 fully saturated rings. The lowest BCUT2D eigenvalue weighted by molar-refractivity contribution is -0.148. The van der Waals surface area contributed by atoms with E-state index in [1.54, 1.807) is 20.8 Å². The number of allylic oxidation sites excluding steroid dienone is 1. The van der Waals surface area contributed by atoms with E-state index in [9.17, 15) is 9.59 Å². The van der Waals surface area contributed by atoms with Gasteiger partial charge in [0.25, 0.3) is 0 Å². The standard InChI is InChI=1S/C12H19NO4/c1-12(2,3)17-10(14)6-9(13)7-5-8(7)11(15)16-4/h6-8H,5,13H2,1-4H3. The minimum absolute atomic E-state index is 0.0880. The Morgan fingerprint density at radius 3 is 2.35 bits per heavy atom. The van der Waals surface area contributed by atoms with Crippen LogP contribution in [0.1, 0.15) is 27.2 Å². The normalized spacial score (nSPS) is 24.1. The highest BCUT2D eigenvalue weighted by molar-refractivity contribution is 5.84. The van der Waals surface area contributed by atoms with Crippen LogP contribution < -0.4 is 5.73 Å². The van der Waals surface area contributed by atoms with Gasteiger partial charge in [-0.1, -0.05) is 0 Å². The van der Waals surface area contributed by atoms with Crippen LogP contribution in [0.5, 0.6) is 0 Å². The summed E-state index contributed by atoms with van der Waals surface area (Å²) in [5.41, 5.74) is 5.58. The highest BCUT2D eigenvalue weighted by Crippen LogP contribution is 2.43. The van der Waals surface area contributed by atoms with Crippen LogP contribution in [0.3, 0.4) is 0 Å². The van der Waals surface area contributed by atoms with Crippen LogP contribution in [0.15, 0.2) is 11.8 Å². The van der Waals surface area contributed by atoms with Crippen molar-refractivity contribution >= 4 is 11.9 Å². The summed E-state index contributed by atoms with van der Waals surface area (Å²) in [7, 11) is 1.34. The van der Waals surface area contributed by atoms with E-state index in [-0.39, 0.29) is 17.8 Å². The van der Waals surface area contributed by atoms with Crippen LogP contribution in [0.25, 0.3) is 0 Å². The van der Waals surface area contributed by atoms with Crippen molar-refractivity contribution in [2.45, 2.75) is 32.8 Å².